The van der Waals surface area contributed by atoms with Gasteiger partial charge in [0, 0.05) is 10.7 Å². The van der Waals surface area contributed by atoms with E-state index in [9.17, 15) is 16.8 Å². The van der Waals surface area contributed by atoms with E-state index >= 15 is 0 Å². The molecule has 0 spiro atoms. The smallest absolute Gasteiger partial charge is 0.261 e. The Morgan fingerprint density at radius 2 is 1.78 bits per heavy atom. The van der Waals surface area contributed by atoms with Crippen molar-refractivity contribution in [1.29, 1.82) is 0 Å². The highest BCUT2D eigenvalue weighted by molar-refractivity contribution is 8.13. The van der Waals surface area contributed by atoms with E-state index in [-0.39, 0.29) is 4.90 Å². The lowest BCUT2D eigenvalue weighted by Crippen LogP contribution is -2.13. The molecule has 1 rings (SSSR count). The van der Waals surface area contributed by atoms with Gasteiger partial charge >= 0.3 is 0 Å². The van der Waals surface area contributed by atoms with Gasteiger partial charge in [0.25, 0.3) is 9.05 Å². The molecule has 0 radical (unpaired) electrons. The van der Waals surface area contributed by atoms with Crippen LogP contribution in [0.2, 0.25) is 0 Å². The first-order valence-corrected chi connectivity index (χ1v) is 9.30. The summed E-state index contributed by atoms with van der Waals surface area (Å²) in [5.74, 6) is 0. The van der Waals surface area contributed by atoms with E-state index < -0.39 is 19.1 Å². The molecule has 102 valence electrons. The van der Waals surface area contributed by atoms with Crippen LogP contribution in [0.5, 0.6) is 0 Å². The van der Waals surface area contributed by atoms with Crippen LogP contribution in [0.15, 0.2) is 17.0 Å². The van der Waals surface area contributed by atoms with E-state index in [4.69, 9.17) is 10.7 Å². The third kappa shape index (κ3) is 3.86. The number of aryl methyl sites for hydroxylation is 2. The predicted molar refractivity (Wildman–Crippen MR) is 72.1 cm³/mol. The zero-order valence-electron chi connectivity index (χ0n) is 10.2. The SMILES string of the molecule is CCc1cc(S(=O)(=O)Cl)cc(C)c1NS(C)(=O)=O. The van der Waals surface area contributed by atoms with E-state index in [0.29, 0.717) is 23.2 Å². The number of hydrogen-bond donors (Lipinski definition) is 1. The highest BCUT2D eigenvalue weighted by Gasteiger charge is 2.16. The molecular formula is C10H14ClNO4S2. The van der Waals surface area contributed by atoms with Crippen LogP contribution in [0.1, 0.15) is 18.1 Å². The number of benzene rings is 1. The minimum Gasteiger partial charge on any atom is -0.283 e. The second kappa shape index (κ2) is 5.07. The molecule has 0 unspecified atom stereocenters. The Morgan fingerprint density at radius 1 is 1.22 bits per heavy atom. The Hall–Kier alpha value is -0.790. The van der Waals surface area contributed by atoms with Crippen molar-refractivity contribution in [3.05, 3.63) is 23.3 Å². The van der Waals surface area contributed by atoms with E-state index in [1.54, 1.807) is 13.8 Å². The molecule has 0 bridgehead atoms. The van der Waals surface area contributed by atoms with E-state index in [0.717, 1.165) is 6.26 Å². The molecule has 0 aliphatic rings. The molecule has 0 atom stereocenters. The van der Waals surface area contributed by atoms with Crippen molar-refractivity contribution in [2.75, 3.05) is 11.0 Å². The molecule has 0 heterocycles. The Labute approximate surface area is 112 Å². The number of hydrogen-bond acceptors (Lipinski definition) is 4. The molecule has 0 fully saturated rings. The van der Waals surface area contributed by atoms with Gasteiger partial charge in [-0.3, -0.25) is 4.72 Å². The number of sulfonamides is 1. The molecule has 5 nitrogen and oxygen atoms in total. The minimum absolute atomic E-state index is 0.0300. The lowest BCUT2D eigenvalue weighted by atomic mass is 10.1. The quantitative estimate of drug-likeness (QED) is 0.861. The van der Waals surface area contributed by atoms with E-state index in [2.05, 4.69) is 4.72 Å². The van der Waals surface area contributed by atoms with Crippen molar-refractivity contribution in [3.63, 3.8) is 0 Å². The van der Waals surface area contributed by atoms with E-state index in [1.165, 1.54) is 12.1 Å². The molecule has 0 saturated heterocycles. The van der Waals surface area contributed by atoms with Gasteiger partial charge < -0.3 is 0 Å². The van der Waals surface area contributed by atoms with E-state index in [1.807, 2.05) is 0 Å². The summed E-state index contributed by atoms with van der Waals surface area (Å²) >= 11 is 0. The molecule has 0 aliphatic heterocycles. The Kier molecular flexibility index (Phi) is 4.30. The molecule has 8 heteroatoms. The van der Waals surface area contributed by atoms with Gasteiger partial charge in [-0.25, -0.2) is 16.8 Å². The fourth-order valence-corrected chi connectivity index (χ4v) is 3.11. The molecule has 1 aromatic carbocycles. The minimum atomic E-state index is -3.82. The fraction of sp³-hybridized carbons (Fsp3) is 0.400. The lowest BCUT2D eigenvalue weighted by molar-refractivity contribution is 0.606. The summed E-state index contributed by atoms with van der Waals surface area (Å²) in [7, 11) is -1.96. The average Bonchev–Trinajstić information content (AvgIpc) is 2.17. The summed E-state index contributed by atoms with van der Waals surface area (Å²) in [4.78, 5) is -0.0300. The van der Waals surface area contributed by atoms with Crippen LogP contribution in [0.25, 0.3) is 0 Å². The molecule has 0 amide bonds. The number of anilines is 1. The summed E-state index contributed by atoms with van der Waals surface area (Å²) in [5, 5.41) is 0. The monoisotopic (exact) mass is 311 g/mol. The van der Waals surface area contributed by atoms with Gasteiger partial charge in [0.2, 0.25) is 10.0 Å². The van der Waals surface area contributed by atoms with Crippen LogP contribution in [0.3, 0.4) is 0 Å². The van der Waals surface area contributed by atoms with Gasteiger partial charge in [0.1, 0.15) is 0 Å². The zero-order valence-corrected chi connectivity index (χ0v) is 12.6. The standard InChI is InChI=1S/C10H14ClNO4S2/c1-4-8-6-9(18(11,15)16)5-7(2)10(8)12-17(3,13)14/h5-6,12H,4H2,1-3H3. The van der Waals surface area contributed by atoms with Crippen LogP contribution in [0, 0.1) is 6.92 Å². The summed E-state index contributed by atoms with van der Waals surface area (Å²) in [6, 6.07) is 2.72. The predicted octanol–water partition coefficient (Wildman–Crippen LogP) is 1.86. The lowest BCUT2D eigenvalue weighted by Gasteiger charge is -2.14. The van der Waals surface area contributed by atoms with Gasteiger partial charge in [0.05, 0.1) is 16.8 Å². The normalized spacial score (nSPS) is 12.4. The largest absolute Gasteiger partial charge is 0.283 e. The number of rotatable bonds is 4. The topological polar surface area (TPSA) is 80.3 Å². The van der Waals surface area contributed by atoms with Crippen molar-refractivity contribution in [3.8, 4) is 0 Å². The van der Waals surface area contributed by atoms with Crippen molar-refractivity contribution >= 4 is 35.4 Å². The van der Waals surface area contributed by atoms with Gasteiger partial charge in [0.15, 0.2) is 0 Å². The maximum atomic E-state index is 11.3. The summed E-state index contributed by atoms with van der Waals surface area (Å²) < 4.78 is 47.4. The Bertz CT molecular complexity index is 665. The first-order chi connectivity index (χ1) is 8.04. The van der Waals surface area contributed by atoms with Crippen LogP contribution < -0.4 is 4.72 Å². The first kappa shape index (κ1) is 15.3. The second-order valence-electron chi connectivity index (χ2n) is 3.94. The summed E-state index contributed by atoms with van der Waals surface area (Å²) in [6.45, 7) is 3.42. The van der Waals surface area contributed by atoms with Gasteiger partial charge in [-0.15, -0.1) is 0 Å². The summed E-state index contributed by atoms with van der Waals surface area (Å²) in [5.41, 5.74) is 1.50. The molecule has 18 heavy (non-hydrogen) atoms. The van der Waals surface area contributed by atoms with Crippen LogP contribution in [-0.2, 0) is 25.5 Å². The maximum Gasteiger partial charge on any atom is 0.261 e. The Balaban J connectivity index is 3.48. The molecular weight excluding hydrogens is 298 g/mol. The van der Waals surface area contributed by atoms with Gasteiger partial charge in [-0.2, -0.15) is 0 Å². The zero-order chi connectivity index (χ0) is 14.1. The summed E-state index contributed by atoms with van der Waals surface area (Å²) in [6.07, 6.45) is 1.52. The molecule has 0 aliphatic carbocycles. The van der Waals surface area contributed by atoms with Crippen molar-refractivity contribution in [2.45, 2.75) is 25.2 Å². The maximum absolute atomic E-state index is 11.3. The highest BCUT2D eigenvalue weighted by atomic mass is 35.7. The molecule has 0 saturated carbocycles. The van der Waals surface area contributed by atoms with Crippen LogP contribution >= 0.6 is 10.7 Å². The van der Waals surface area contributed by atoms with Gasteiger partial charge in [-0.1, -0.05) is 6.92 Å². The number of nitrogens with one attached hydrogen (secondary N) is 1. The van der Waals surface area contributed by atoms with Crippen molar-refractivity contribution in [2.24, 2.45) is 0 Å². The average molecular weight is 312 g/mol. The highest BCUT2D eigenvalue weighted by Crippen LogP contribution is 2.28. The third-order valence-corrected chi connectivity index (χ3v) is 4.25. The second-order valence-corrected chi connectivity index (χ2v) is 8.25. The fourth-order valence-electron chi connectivity index (χ4n) is 1.58. The van der Waals surface area contributed by atoms with Gasteiger partial charge in [-0.05, 0) is 36.6 Å². The van der Waals surface area contributed by atoms with Crippen LogP contribution in [0.4, 0.5) is 5.69 Å². The van der Waals surface area contributed by atoms with Crippen LogP contribution in [-0.4, -0.2) is 23.1 Å². The third-order valence-electron chi connectivity index (χ3n) is 2.34. The van der Waals surface area contributed by atoms with Crippen molar-refractivity contribution < 1.29 is 16.8 Å². The Morgan fingerprint density at radius 3 is 2.17 bits per heavy atom. The number of halogens is 1. The van der Waals surface area contributed by atoms with Crippen molar-refractivity contribution in [1.82, 2.24) is 0 Å². The molecule has 1 aromatic rings. The molecule has 1 N–H and O–H groups in total. The molecule has 0 aromatic heterocycles. The first-order valence-electron chi connectivity index (χ1n) is 5.10.